The molecule has 1 aliphatic heterocycles. The average Bonchev–Trinajstić information content (AvgIpc) is 3.04. The lowest BCUT2D eigenvalue weighted by Crippen LogP contribution is -2.35. The first-order chi connectivity index (χ1) is 15.3. The van der Waals surface area contributed by atoms with Crippen molar-refractivity contribution in [2.75, 3.05) is 5.01 Å². The van der Waals surface area contributed by atoms with Crippen LogP contribution in [0.3, 0.4) is 0 Å². The molecule has 1 saturated heterocycles. The number of anilines is 1. The zero-order valence-electron chi connectivity index (χ0n) is 16.1. The highest BCUT2D eigenvalue weighted by Gasteiger charge is 2.34. The van der Waals surface area contributed by atoms with E-state index in [-0.39, 0.29) is 27.5 Å². The van der Waals surface area contributed by atoms with E-state index in [2.05, 4.69) is 5.43 Å². The smallest absolute Gasteiger partial charge is 0.345 e. The zero-order valence-corrected chi connectivity index (χ0v) is 18.4. The molecule has 0 aliphatic carbocycles. The zero-order chi connectivity index (χ0) is 22.8. The second-order valence-corrected chi connectivity index (χ2v) is 7.95. The molecule has 0 aromatic heterocycles. The van der Waals surface area contributed by atoms with Crippen LogP contribution in [0.1, 0.15) is 15.9 Å². The van der Waals surface area contributed by atoms with Crippen molar-refractivity contribution in [2.45, 2.75) is 0 Å². The molecule has 0 unspecified atom stereocenters. The molecule has 0 spiro atoms. The summed E-state index contributed by atoms with van der Waals surface area (Å²) in [6.45, 7) is 0. The van der Waals surface area contributed by atoms with E-state index in [9.17, 15) is 14.4 Å². The first-order valence-corrected chi connectivity index (χ1v) is 10.4. The number of benzene rings is 3. The van der Waals surface area contributed by atoms with E-state index in [4.69, 9.17) is 39.5 Å². The molecule has 6 nitrogen and oxygen atoms in total. The third-order valence-corrected chi connectivity index (χ3v) is 5.31. The monoisotopic (exact) mass is 486 g/mol. The Morgan fingerprint density at radius 2 is 1.59 bits per heavy atom. The van der Waals surface area contributed by atoms with Crippen LogP contribution in [0, 0.1) is 0 Å². The Bertz CT molecular complexity index is 1280. The molecule has 1 fully saturated rings. The molecule has 32 heavy (non-hydrogen) atoms. The van der Waals surface area contributed by atoms with Gasteiger partial charge < -0.3 is 4.74 Å². The lowest BCUT2D eigenvalue weighted by atomic mass is 10.1. The maximum absolute atomic E-state index is 12.8. The molecule has 1 aliphatic rings. The number of carbonyl (C=O) groups is 3. The molecular weight excluding hydrogens is 475 g/mol. The number of nitrogens with one attached hydrogen (secondary N) is 1. The summed E-state index contributed by atoms with van der Waals surface area (Å²) in [7, 11) is 0. The fourth-order valence-electron chi connectivity index (χ4n) is 3.01. The molecule has 0 saturated carbocycles. The van der Waals surface area contributed by atoms with Crippen molar-refractivity contribution in [3.63, 3.8) is 0 Å². The highest BCUT2D eigenvalue weighted by molar-refractivity contribution is 6.36. The van der Waals surface area contributed by atoms with Gasteiger partial charge in [0.15, 0.2) is 0 Å². The molecule has 2 amide bonds. The van der Waals surface area contributed by atoms with Crippen LogP contribution in [0.5, 0.6) is 5.75 Å². The largest absolute Gasteiger partial charge is 0.422 e. The van der Waals surface area contributed by atoms with Gasteiger partial charge in [0.25, 0.3) is 11.8 Å². The highest BCUT2D eigenvalue weighted by atomic mass is 35.5. The maximum Gasteiger partial charge on any atom is 0.345 e. The number of halogens is 3. The molecule has 0 bridgehead atoms. The molecule has 0 radical (unpaired) electrons. The number of para-hydroxylation sites is 1. The normalized spacial score (nSPS) is 14.6. The Balaban J connectivity index is 1.66. The predicted molar refractivity (Wildman–Crippen MR) is 123 cm³/mol. The summed E-state index contributed by atoms with van der Waals surface area (Å²) in [5.41, 5.74) is 3.25. The standard InChI is InChI=1S/C23H13Cl3N2O4/c24-14-7-9-20(32-23(31)17-8-6-15(25)12-19(17)26)13(10-14)11-18-21(29)27-28(22(18)30)16-4-2-1-3-5-16/h1-12H,(H,27,29). The fourth-order valence-corrected chi connectivity index (χ4v) is 3.67. The van der Waals surface area contributed by atoms with Gasteiger partial charge in [0, 0.05) is 15.6 Å². The van der Waals surface area contributed by atoms with Crippen LogP contribution in [0.15, 0.2) is 72.3 Å². The maximum atomic E-state index is 12.8. The third-order valence-electron chi connectivity index (χ3n) is 4.53. The minimum absolute atomic E-state index is 0.0941. The third kappa shape index (κ3) is 4.48. The van der Waals surface area contributed by atoms with Crippen molar-refractivity contribution in [2.24, 2.45) is 0 Å². The van der Waals surface area contributed by atoms with E-state index in [0.29, 0.717) is 15.7 Å². The Kier molecular flexibility index (Phi) is 6.19. The van der Waals surface area contributed by atoms with Gasteiger partial charge in [0.05, 0.1) is 16.3 Å². The molecule has 1 N–H and O–H groups in total. The van der Waals surface area contributed by atoms with Gasteiger partial charge >= 0.3 is 5.97 Å². The van der Waals surface area contributed by atoms with Crippen LogP contribution in [0.2, 0.25) is 15.1 Å². The van der Waals surface area contributed by atoms with Gasteiger partial charge in [0.2, 0.25) is 0 Å². The van der Waals surface area contributed by atoms with E-state index >= 15 is 0 Å². The van der Waals surface area contributed by atoms with E-state index in [1.807, 2.05) is 0 Å². The molecule has 160 valence electrons. The Hall–Kier alpha value is -3.32. The molecule has 3 aromatic carbocycles. The Labute approximate surface area is 197 Å². The topological polar surface area (TPSA) is 75.7 Å². The SMILES string of the molecule is O=C1NN(c2ccccc2)C(=O)C1=Cc1cc(Cl)ccc1OC(=O)c1ccc(Cl)cc1Cl. The summed E-state index contributed by atoms with van der Waals surface area (Å²) in [4.78, 5) is 37.9. The molecule has 4 rings (SSSR count). The summed E-state index contributed by atoms with van der Waals surface area (Å²) in [5, 5.41) is 1.96. The second-order valence-electron chi connectivity index (χ2n) is 6.67. The van der Waals surface area contributed by atoms with Crippen LogP contribution in [0.25, 0.3) is 6.08 Å². The predicted octanol–water partition coefficient (Wildman–Crippen LogP) is 5.33. The highest BCUT2D eigenvalue weighted by Crippen LogP contribution is 2.29. The summed E-state index contributed by atoms with van der Waals surface area (Å²) in [6, 6.07) is 17.5. The summed E-state index contributed by atoms with van der Waals surface area (Å²) in [5.74, 6) is -1.80. The minimum Gasteiger partial charge on any atom is -0.422 e. The lowest BCUT2D eigenvalue weighted by molar-refractivity contribution is -0.117. The van der Waals surface area contributed by atoms with Gasteiger partial charge in [-0.25, -0.2) is 9.80 Å². The average molecular weight is 488 g/mol. The first kappa shape index (κ1) is 21.9. The summed E-state index contributed by atoms with van der Waals surface area (Å²) in [6.07, 6.45) is 1.32. The van der Waals surface area contributed by atoms with Gasteiger partial charge in [-0.05, 0) is 54.6 Å². The number of rotatable bonds is 4. The number of hydrogen-bond donors (Lipinski definition) is 1. The van der Waals surface area contributed by atoms with Crippen molar-refractivity contribution in [1.82, 2.24) is 5.43 Å². The van der Waals surface area contributed by atoms with Gasteiger partial charge in [-0.3, -0.25) is 15.0 Å². The molecule has 0 atom stereocenters. The van der Waals surface area contributed by atoms with E-state index in [1.54, 1.807) is 30.3 Å². The van der Waals surface area contributed by atoms with Crippen LogP contribution in [0.4, 0.5) is 5.69 Å². The number of amides is 2. The Morgan fingerprint density at radius 1 is 0.906 bits per heavy atom. The first-order valence-electron chi connectivity index (χ1n) is 9.22. The number of hydrogen-bond acceptors (Lipinski definition) is 4. The number of esters is 1. The van der Waals surface area contributed by atoms with Gasteiger partial charge in [0.1, 0.15) is 11.3 Å². The summed E-state index contributed by atoms with van der Waals surface area (Å²) >= 11 is 18.0. The number of nitrogens with zero attached hydrogens (tertiary/aromatic N) is 1. The molecule has 9 heteroatoms. The van der Waals surface area contributed by atoms with Gasteiger partial charge in [-0.1, -0.05) is 53.0 Å². The van der Waals surface area contributed by atoms with E-state index in [1.165, 1.54) is 42.5 Å². The number of carbonyl (C=O) groups excluding carboxylic acids is 3. The van der Waals surface area contributed by atoms with Gasteiger partial charge in [-0.15, -0.1) is 0 Å². The van der Waals surface area contributed by atoms with Crippen molar-refractivity contribution < 1.29 is 19.1 Å². The lowest BCUT2D eigenvalue weighted by Gasteiger charge is -2.14. The quantitative estimate of drug-likeness (QED) is 0.234. The Morgan fingerprint density at radius 3 is 2.31 bits per heavy atom. The van der Waals surface area contributed by atoms with Crippen LogP contribution in [-0.2, 0) is 9.59 Å². The number of hydrazine groups is 1. The van der Waals surface area contributed by atoms with Crippen LogP contribution in [-0.4, -0.2) is 17.8 Å². The van der Waals surface area contributed by atoms with E-state index < -0.39 is 17.8 Å². The molecular formula is C23H13Cl3N2O4. The number of ether oxygens (including phenoxy) is 1. The van der Waals surface area contributed by atoms with Crippen LogP contribution < -0.4 is 15.2 Å². The minimum atomic E-state index is -0.734. The molecule has 3 aromatic rings. The van der Waals surface area contributed by atoms with Crippen molar-refractivity contribution >= 4 is 64.3 Å². The van der Waals surface area contributed by atoms with Crippen molar-refractivity contribution in [3.8, 4) is 5.75 Å². The van der Waals surface area contributed by atoms with Crippen molar-refractivity contribution in [3.05, 3.63) is 98.5 Å². The van der Waals surface area contributed by atoms with Crippen molar-refractivity contribution in [1.29, 1.82) is 0 Å². The summed E-state index contributed by atoms with van der Waals surface area (Å²) < 4.78 is 5.47. The fraction of sp³-hybridized carbons (Fsp3) is 0. The second kappa shape index (κ2) is 9.04. The van der Waals surface area contributed by atoms with Gasteiger partial charge in [-0.2, -0.15) is 0 Å². The van der Waals surface area contributed by atoms with Crippen LogP contribution >= 0.6 is 34.8 Å². The van der Waals surface area contributed by atoms with E-state index in [0.717, 1.165) is 5.01 Å². The molecule has 1 heterocycles.